The van der Waals surface area contributed by atoms with E-state index in [-0.39, 0.29) is 29.5 Å². The number of anilines is 1. The van der Waals surface area contributed by atoms with Crippen LogP contribution < -0.4 is 14.4 Å². The maximum Gasteiger partial charge on any atom is 0.264 e. The number of rotatable bonds is 15. The van der Waals surface area contributed by atoms with Crippen LogP contribution >= 0.6 is 11.6 Å². The first-order valence-corrected chi connectivity index (χ1v) is 16.7. The Morgan fingerprint density at radius 2 is 1.57 bits per heavy atom. The molecule has 0 spiro atoms. The molecule has 11 heteroatoms. The smallest absolute Gasteiger partial charge is 0.264 e. The number of amides is 2. The summed E-state index contributed by atoms with van der Waals surface area (Å²) in [6.07, 6.45) is 1.79. The van der Waals surface area contributed by atoms with Gasteiger partial charge in [-0.25, -0.2) is 12.8 Å². The number of benzene rings is 4. The van der Waals surface area contributed by atoms with Gasteiger partial charge in [-0.1, -0.05) is 73.5 Å². The van der Waals surface area contributed by atoms with Crippen molar-refractivity contribution in [2.24, 2.45) is 0 Å². The zero-order valence-corrected chi connectivity index (χ0v) is 27.3. The van der Waals surface area contributed by atoms with E-state index >= 15 is 0 Å². The maximum absolute atomic E-state index is 14.5. The van der Waals surface area contributed by atoms with E-state index in [2.05, 4.69) is 5.32 Å². The molecule has 0 aliphatic rings. The van der Waals surface area contributed by atoms with Crippen LogP contribution in [-0.2, 0) is 32.6 Å². The van der Waals surface area contributed by atoms with Gasteiger partial charge in [-0.2, -0.15) is 0 Å². The van der Waals surface area contributed by atoms with Gasteiger partial charge in [-0.3, -0.25) is 13.9 Å². The van der Waals surface area contributed by atoms with Gasteiger partial charge in [0.1, 0.15) is 24.2 Å². The van der Waals surface area contributed by atoms with Gasteiger partial charge in [0, 0.05) is 24.5 Å². The molecule has 1 atom stereocenters. The maximum atomic E-state index is 14.5. The first-order chi connectivity index (χ1) is 22.1. The summed E-state index contributed by atoms with van der Waals surface area (Å²) in [6, 6.07) is 25.8. The molecule has 242 valence electrons. The van der Waals surface area contributed by atoms with Crippen molar-refractivity contribution >= 4 is 39.1 Å². The van der Waals surface area contributed by atoms with Gasteiger partial charge in [0.25, 0.3) is 10.0 Å². The second-order valence-electron chi connectivity index (χ2n) is 10.6. The number of ether oxygens (including phenoxy) is 1. The lowest BCUT2D eigenvalue weighted by molar-refractivity contribution is -0.140. The lowest BCUT2D eigenvalue weighted by atomic mass is 10.0. The molecule has 0 radical (unpaired) electrons. The summed E-state index contributed by atoms with van der Waals surface area (Å²) < 4.78 is 48.2. The Morgan fingerprint density at radius 3 is 2.20 bits per heavy atom. The van der Waals surface area contributed by atoms with Gasteiger partial charge in [-0.05, 0) is 72.1 Å². The third kappa shape index (κ3) is 8.86. The molecule has 4 aromatic carbocycles. The quantitative estimate of drug-likeness (QED) is 0.152. The zero-order valence-electron chi connectivity index (χ0n) is 25.7. The lowest BCUT2D eigenvalue weighted by Crippen LogP contribution is -2.53. The zero-order chi connectivity index (χ0) is 33.1. The van der Waals surface area contributed by atoms with E-state index in [4.69, 9.17) is 16.3 Å². The number of carbonyl (C=O) groups excluding carboxylic acids is 2. The minimum absolute atomic E-state index is 0.0585. The average molecular weight is 666 g/mol. The standard InChI is InChI=1S/C35H37ClFN3O5S/c1-3-4-22-38-35(42)33(23-26-10-6-5-7-11-26)39(24-27-12-8-9-13-32(27)36)34(41)25-40(29-16-14-28(37)15-17-29)46(43,44)31-20-18-30(45-2)19-21-31/h5-21,33H,3-4,22-25H2,1-2H3,(H,38,42)/t33-/m1/s1. The van der Waals surface area contributed by atoms with Crippen LogP contribution in [-0.4, -0.2) is 51.4 Å². The summed E-state index contributed by atoms with van der Waals surface area (Å²) >= 11 is 6.52. The number of sulfonamides is 1. The van der Waals surface area contributed by atoms with Gasteiger partial charge in [-0.15, -0.1) is 0 Å². The van der Waals surface area contributed by atoms with E-state index in [1.807, 2.05) is 37.3 Å². The minimum atomic E-state index is -4.34. The van der Waals surface area contributed by atoms with Crippen molar-refractivity contribution in [3.8, 4) is 5.75 Å². The van der Waals surface area contributed by atoms with E-state index in [0.717, 1.165) is 34.8 Å². The molecular formula is C35H37ClFN3O5S. The molecule has 4 aromatic rings. The Labute approximate surface area is 274 Å². The van der Waals surface area contributed by atoms with Crippen LogP contribution in [0.3, 0.4) is 0 Å². The Balaban J connectivity index is 1.79. The van der Waals surface area contributed by atoms with Crippen molar-refractivity contribution in [2.75, 3.05) is 24.5 Å². The summed E-state index contributed by atoms with van der Waals surface area (Å²) in [4.78, 5) is 29.5. The summed E-state index contributed by atoms with van der Waals surface area (Å²) in [5.74, 6) is -1.13. The molecule has 46 heavy (non-hydrogen) atoms. The monoisotopic (exact) mass is 665 g/mol. The predicted octanol–water partition coefficient (Wildman–Crippen LogP) is 6.24. The number of nitrogens with zero attached hydrogens (tertiary/aromatic N) is 2. The number of carbonyl (C=O) groups is 2. The number of nitrogens with one attached hydrogen (secondary N) is 1. The van der Waals surface area contributed by atoms with Crippen LogP contribution in [0.25, 0.3) is 0 Å². The molecule has 2 amide bonds. The van der Waals surface area contributed by atoms with Gasteiger partial charge < -0.3 is 15.0 Å². The molecule has 0 saturated heterocycles. The second kappa shape index (κ2) is 16.2. The highest BCUT2D eigenvalue weighted by Crippen LogP contribution is 2.27. The van der Waals surface area contributed by atoms with E-state index in [0.29, 0.717) is 22.9 Å². The topological polar surface area (TPSA) is 96.0 Å². The minimum Gasteiger partial charge on any atom is -0.497 e. The summed E-state index contributed by atoms with van der Waals surface area (Å²) in [5, 5.41) is 3.34. The average Bonchev–Trinajstić information content (AvgIpc) is 3.07. The molecule has 0 heterocycles. The van der Waals surface area contributed by atoms with Gasteiger partial charge >= 0.3 is 0 Å². The largest absolute Gasteiger partial charge is 0.497 e. The molecule has 8 nitrogen and oxygen atoms in total. The SMILES string of the molecule is CCCCNC(=O)[C@@H](Cc1ccccc1)N(Cc1ccccc1Cl)C(=O)CN(c1ccc(F)cc1)S(=O)(=O)c1ccc(OC)cc1. The highest BCUT2D eigenvalue weighted by Gasteiger charge is 2.35. The number of unbranched alkanes of at least 4 members (excludes halogenated alkanes) is 1. The summed E-state index contributed by atoms with van der Waals surface area (Å²) in [5.41, 5.74) is 1.48. The van der Waals surface area contributed by atoms with Crippen LogP contribution in [0.1, 0.15) is 30.9 Å². The Bertz CT molecular complexity index is 1700. The highest BCUT2D eigenvalue weighted by atomic mass is 35.5. The molecular weight excluding hydrogens is 629 g/mol. The van der Waals surface area contributed by atoms with E-state index in [9.17, 15) is 22.4 Å². The molecule has 0 bridgehead atoms. The van der Waals surface area contributed by atoms with Crippen LogP contribution in [0.4, 0.5) is 10.1 Å². The van der Waals surface area contributed by atoms with Crippen molar-refractivity contribution in [1.29, 1.82) is 0 Å². The predicted molar refractivity (Wildman–Crippen MR) is 178 cm³/mol. The molecule has 0 fully saturated rings. The van der Waals surface area contributed by atoms with Crippen molar-refractivity contribution < 1.29 is 27.1 Å². The highest BCUT2D eigenvalue weighted by molar-refractivity contribution is 7.92. The Morgan fingerprint density at radius 1 is 0.913 bits per heavy atom. The van der Waals surface area contributed by atoms with Crippen LogP contribution in [0, 0.1) is 5.82 Å². The van der Waals surface area contributed by atoms with Crippen LogP contribution in [0.5, 0.6) is 5.75 Å². The fraction of sp³-hybridized carbons (Fsp3) is 0.257. The van der Waals surface area contributed by atoms with Gasteiger partial charge in [0.05, 0.1) is 17.7 Å². The van der Waals surface area contributed by atoms with Gasteiger partial charge in [0.2, 0.25) is 11.8 Å². The third-order valence-corrected chi connectivity index (χ3v) is 9.60. The molecule has 0 unspecified atom stereocenters. The number of hydrogen-bond acceptors (Lipinski definition) is 5. The molecule has 0 saturated carbocycles. The molecule has 0 aliphatic carbocycles. The fourth-order valence-corrected chi connectivity index (χ4v) is 6.49. The van der Waals surface area contributed by atoms with Crippen molar-refractivity contribution in [3.63, 3.8) is 0 Å². The number of halogens is 2. The van der Waals surface area contributed by atoms with E-state index in [1.54, 1.807) is 24.3 Å². The van der Waals surface area contributed by atoms with E-state index < -0.39 is 34.3 Å². The fourth-order valence-electron chi connectivity index (χ4n) is 4.88. The van der Waals surface area contributed by atoms with Crippen molar-refractivity contribution in [2.45, 2.75) is 43.7 Å². The van der Waals surface area contributed by atoms with Crippen molar-refractivity contribution in [1.82, 2.24) is 10.2 Å². The molecule has 0 aliphatic heterocycles. The van der Waals surface area contributed by atoms with E-state index in [1.165, 1.54) is 48.4 Å². The normalized spacial score (nSPS) is 11.8. The van der Waals surface area contributed by atoms with Crippen molar-refractivity contribution in [3.05, 3.63) is 125 Å². The molecule has 1 N–H and O–H groups in total. The Hall–Kier alpha value is -4.41. The second-order valence-corrected chi connectivity index (χ2v) is 12.9. The number of methoxy groups -OCH3 is 1. The molecule has 0 aromatic heterocycles. The summed E-state index contributed by atoms with van der Waals surface area (Å²) in [7, 11) is -2.88. The Kier molecular flexibility index (Phi) is 12.2. The molecule has 4 rings (SSSR count). The number of hydrogen-bond donors (Lipinski definition) is 1. The third-order valence-electron chi connectivity index (χ3n) is 7.44. The summed E-state index contributed by atoms with van der Waals surface area (Å²) in [6.45, 7) is 1.70. The van der Waals surface area contributed by atoms with Crippen LogP contribution in [0.2, 0.25) is 5.02 Å². The van der Waals surface area contributed by atoms with Crippen LogP contribution in [0.15, 0.2) is 108 Å². The lowest BCUT2D eigenvalue weighted by Gasteiger charge is -2.34. The first kappa shape index (κ1) is 34.5. The van der Waals surface area contributed by atoms with Gasteiger partial charge in [0.15, 0.2) is 0 Å². The first-order valence-electron chi connectivity index (χ1n) is 14.9.